The molecular formula is C25H24FN3O2. The first-order valence-corrected chi connectivity index (χ1v) is 10.4. The summed E-state index contributed by atoms with van der Waals surface area (Å²) in [6.45, 7) is 0.685. The van der Waals surface area contributed by atoms with Crippen molar-refractivity contribution in [2.75, 3.05) is 22.1 Å². The van der Waals surface area contributed by atoms with Crippen LogP contribution in [-0.2, 0) is 17.6 Å². The van der Waals surface area contributed by atoms with Gasteiger partial charge in [-0.05, 0) is 72.9 Å². The van der Waals surface area contributed by atoms with E-state index in [1.54, 1.807) is 17.0 Å². The number of anilines is 3. The molecule has 0 unspecified atom stereocenters. The number of nitrogens with zero attached hydrogens (tertiary/aromatic N) is 1. The maximum atomic E-state index is 13.0. The van der Waals surface area contributed by atoms with E-state index >= 15 is 0 Å². The Balaban J connectivity index is 1.36. The molecular weight excluding hydrogens is 393 g/mol. The van der Waals surface area contributed by atoms with E-state index in [2.05, 4.69) is 16.7 Å². The van der Waals surface area contributed by atoms with Crippen LogP contribution in [0.3, 0.4) is 0 Å². The standard InChI is InChI=1S/C25H24FN3O2/c26-20-10-14-21(15-11-20)27-24(30)17-18-8-12-22(13-9-18)28-25(31)29-16-4-3-6-19-5-1-2-7-23(19)29/h1-2,5,7-15H,3-4,6,16-17H2,(H,27,30)(H,28,31). The van der Waals surface area contributed by atoms with E-state index in [9.17, 15) is 14.0 Å². The summed E-state index contributed by atoms with van der Waals surface area (Å²) in [6, 6.07) is 20.7. The van der Waals surface area contributed by atoms with Crippen molar-refractivity contribution in [1.82, 2.24) is 0 Å². The second kappa shape index (κ2) is 9.43. The van der Waals surface area contributed by atoms with Crippen molar-refractivity contribution in [3.05, 3.63) is 89.7 Å². The Morgan fingerprint density at radius 3 is 2.29 bits per heavy atom. The van der Waals surface area contributed by atoms with Crippen LogP contribution < -0.4 is 15.5 Å². The molecule has 31 heavy (non-hydrogen) atoms. The monoisotopic (exact) mass is 417 g/mol. The zero-order chi connectivity index (χ0) is 21.6. The molecule has 3 aromatic rings. The Labute approximate surface area is 180 Å². The van der Waals surface area contributed by atoms with Crippen molar-refractivity contribution in [2.45, 2.75) is 25.7 Å². The van der Waals surface area contributed by atoms with Crippen LogP contribution in [0, 0.1) is 5.82 Å². The summed E-state index contributed by atoms with van der Waals surface area (Å²) in [7, 11) is 0. The summed E-state index contributed by atoms with van der Waals surface area (Å²) >= 11 is 0. The molecule has 6 heteroatoms. The molecule has 0 fully saturated rings. The molecule has 158 valence electrons. The second-order valence-electron chi connectivity index (χ2n) is 7.60. The van der Waals surface area contributed by atoms with Crippen molar-refractivity contribution in [3.8, 4) is 0 Å². The fourth-order valence-electron chi connectivity index (χ4n) is 3.72. The van der Waals surface area contributed by atoms with Gasteiger partial charge in [0.05, 0.1) is 6.42 Å². The number of carbonyl (C=O) groups is 2. The number of urea groups is 1. The zero-order valence-electron chi connectivity index (χ0n) is 17.1. The minimum absolute atomic E-state index is 0.156. The number of amides is 3. The average Bonchev–Trinajstić information content (AvgIpc) is 2.99. The molecule has 4 rings (SSSR count). The highest BCUT2D eigenvalue weighted by molar-refractivity contribution is 6.02. The normalized spacial score (nSPS) is 13.1. The Morgan fingerprint density at radius 2 is 1.52 bits per heavy atom. The van der Waals surface area contributed by atoms with Crippen molar-refractivity contribution in [2.24, 2.45) is 0 Å². The second-order valence-corrected chi connectivity index (χ2v) is 7.60. The number of hydrogen-bond donors (Lipinski definition) is 2. The molecule has 0 atom stereocenters. The maximum Gasteiger partial charge on any atom is 0.326 e. The molecule has 3 aromatic carbocycles. The molecule has 0 aromatic heterocycles. The van der Waals surface area contributed by atoms with Gasteiger partial charge < -0.3 is 10.6 Å². The van der Waals surface area contributed by atoms with E-state index < -0.39 is 0 Å². The van der Waals surface area contributed by atoms with Crippen LogP contribution in [0.5, 0.6) is 0 Å². The highest BCUT2D eigenvalue weighted by Gasteiger charge is 2.20. The lowest BCUT2D eigenvalue weighted by molar-refractivity contribution is -0.115. The van der Waals surface area contributed by atoms with Crippen LogP contribution in [0.2, 0.25) is 0 Å². The fraction of sp³-hybridized carbons (Fsp3) is 0.200. The average molecular weight is 417 g/mol. The number of fused-ring (bicyclic) bond motifs is 1. The van der Waals surface area contributed by atoms with Crippen molar-refractivity contribution >= 4 is 29.0 Å². The summed E-state index contributed by atoms with van der Waals surface area (Å²) in [6.07, 6.45) is 3.19. The SMILES string of the molecule is O=C(Cc1ccc(NC(=O)N2CCCCc3ccccc32)cc1)Nc1ccc(F)cc1. The van der Waals surface area contributed by atoms with Crippen LogP contribution in [0.25, 0.3) is 0 Å². The molecule has 3 amide bonds. The van der Waals surface area contributed by atoms with Crippen molar-refractivity contribution in [3.63, 3.8) is 0 Å². The molecule has 0 bridgehead atoms. The lowest BCUT2D eigenvalue weighted by Gasteiger charge is -2.23. The number of hydrogen-bond acceptors (Lipinski definition) is 2. The Hall–Kier alpha value is -3.67. The molecule has 0 saturated heterocycles. The van der Waals surface area contributed by atoms with Gasteiger partial charge in [-0.15, -0.1) is 0 Å². The third kappa shape index (κ3) is 5.28. The zero-order valence-corrected chi connectivity index (χ0v) is 17.1. The van der Waals surface area contributed by atoms with Gasteiger partial charge >= 0.3 is 6.03 Å². The van der Waals surface area contributed by atoms with E-state index in [0.717, 1.165) is 30.5 Å². The van der Waals surface area contributed by atoms with Crippen LogP contribution in [0.15, 0.2) is 72.8 Å². The van der Waals surface area contributed by atoms with E-state index in [1.807, 2.05) is 30.3 Å². The highest BCUT2D eigenvalue weighted by Crippen LogP contribution is 2.26. The highest BCUT2D eigenvalue weighted by atomic mass is 19.1. The third-order valence-electron chi connectivity index (χ3n) is 5.30. The molecule has 0 saturated carbocycles. The summed E-state index contributed by atoms with van der Waals surface area (Å²) in [4.78, 5) is 26.9. The van der Waals surface area contributed by atoms with E-state index in [0.29, 0.717) is 17.9 Å². The number of carbonyl (C=O) groups excluding carboxylic acids is 2. The Bertz CT molecular complexity index is 1060. The summed E-state index contributed by atoms with van der Waals surface area (Å²) in [5.74, 6) is -0.538. The number of para-hydroxylation sites is 1. The number of aryl methyl sites for hydroxylation is 1. The first-order valence-electron chi connectivity index (χ1n) is 10.4. The predicted octanol–water partition coefficient (Wildman–Crippen LogP) is 5.38. The smallest absolute Gasteiger partial charge is 0.326 e. The topological polar surface area (TPSA) is 61.4 Å². The third-order valence-corrected chi connectivity index (χ3v) is 5.30. The number of benzene rings is 3. The van der Waals surface area contributed by atoms with Crippen LogP contribution in [0.4, 0.5) is 26.2 Å². The maximum absolute atomic E-state index is 13.0. The fourth-order valence-corrected chi connectivity index (χ4v) is 3.72. The molecule has 0 radical (unpaired) electrons. The van der Waals surface area contributed by atoms with Crippen molar-refractivity contribution in [1.29, 1.82) is 0 Å². The number of nitrogens with one attached hydrogen (secondary N) is 2. The lowest BCUT2D eigenvalue weighted by atomic mass is 10.1. The first-order chi connectivity index (χ1) is 15.1. The molecule has 5 nitrogen and oxygen atoms in total. The van der Waals surface area contributed by atoms with Crippen LogP contribution >= 0.6 is 0 Å². The Kier molecular flexibility index (Phi) is 6.26. The number of halogens is 1. The largest absolute Gasteiger partial charge is 0.326 e. The Morgan fingerprint density at radius 1 is 0.839 bits per heavy atom. The summed E-state index contributed by atoms with van der Waals surface area (Å²) < 4.78 is 13.0. The molecule has 0 aliphatic carbocycles. The summed E-state index contributed by atoms with van der Waals surface area (Å²) in [5, 5.41) is 5.70. The van der Waals surface area contributed by atoms with Crippen molar-refractivity contribution < 1.29 is 14.0 Å². The lowest BCUT2D eigenvalue weighted by Crippen LogP contribution is -2.35. The van der Waals surface area contributed by atoms with Gasteiger partial charge in [-0.3, -0.25) is 9.69 Å². The van der Waals surface area contributed by atoms with Gasteiger partial charge in [0, 0.05) is 23.6 Å². The molecule has 0 spiro atoms. The summed E-state index contributed by atoms with van der Waals surface area (Å²) in [5.41, 5.74) is 4.20. The van der Waals surface area contributed by atoms with Gasteiger partial charge in [-0.1, -0.05) is 30.3 Å². The molecule has 1 aliphatic heterocycles. The molecule has 1 heterocycles. The van der Waals surface area contributed by atoms with Gasteiger partial charge in [-0.2, -0.15) is 0 Å². The van der Waals surface area contributed by atoms with E-state index in [1.165, 1.54) is 29.8 Å². The van der Waals surface area contributed by atoms with Gasteiger partial charge in [0.1, 0.15) is 5.82 Å². The van der Waals surface area contributed by atoms with Gasteiger partial charge in [0.2, 0.25) is 5.91 Å². The van der Waals surface area contributed by atoms with E-state index in [-0.39, 0.29) is 24.2 Å². The van der Waals surface area contributed by atoms with Crippen LogP contribution in [0.1, 0.15) is 24.0 Å². The van der Waals surface area contributed by atoms with Gasteiger partial charge in [-0.25, -0.2) is 9.18 Å². The van der Waals surface area contributed by atoms with Gasteiger partial charge in [0.25, 0.3) is 0 Å². The first kappa shape index (κ1) is 20.6. The quantitative estimate of drug-likeness (QED) is 0.599. The van der Waals surface area contributed by atoms with Crippen LogP contribution in [-0.4, -0.2) is 18.5 Å². The predicted molar refractivity (Wildman–Crippen MR) is 121 cm³/mol. The minimum atomic E-state index is -0.348. The minimum Gasteiger partial charge on any atom is -0.326 e. The molecule has 1 aliphatic rings. The van der Waals surface area contributed by atoms with Gasteiger partial charge in [0.15, 0.2) is 0 Å². The van der Waals surface area contributed by atoms with E-state index in [4.69, 9.17) is 0 Å². The number of rotatable bonds is 4. The molecule has 2 N–H and O–H groups in total.